The number of nitrogens with one attached hydrogen (secondary N) is 1. The minimum atomic E-state index is -0.216. The molecule has 3 aromatic rings. The molecule has 0 aliphatic heterocycles. The van der Waals surface area contributed by atoms with Gasteiger partial charge in [0.05, 0.1) is 17.1 Å². The Morgan fingerprint density at radius 2 is 2.04 bits per heavy atom. The fourth-order valence-electron chi connectivity index (χ4n) is 2.45. The summed E-state index contributed by atoms with van der Waals surface area (Å²) in [5.41, 5.74) is 3.75. The highest BCUT2D eigenvalue weighted by atomic mass is 32.2. The second-order valence-electron chi connectivity index (χ2n) is 7.33. The van der Waals surface area contributed by atoms with E-state index >= 15 is 0 Å². The summed E-state index contributed by atoms with van der Waals surface area (Å²) in [5, 5.41) is 19.0. The first-order chi connectivity index (χ1) is 12.7. The van der Waals surface area contributed by atoms with Crippen molar-refractivity contribution < 1.29 is 9.32 Å². The first-order valence-corrected chi connectivity index (χ1v) is 9.48. The number of rotatable bonds is 5. The number of benzene rings is 1. The van der Waals surface area contributed by atoms with Gasteiger partial charge in [-0.05, 0) is 35.9 Å². The summed E-state index contributed by atoms with van der Waals surface area (Å²) < 4.78 is 6.82. The molecule has 2 aromatic heterocycles. The number of hydrogen-bond acceptors (Lipinski definition) is 7. The molecule has 0 aliphatic rings. The topological polar surface area (TPSA) is 98.7 Å². The average molecular weight is 386 g/mol. The van der Waals surface area contributed by atoms with Crippen LogP contribution >= 0.6 is 11.8 Å². The Kier molecular flexibility index (Phi) is 5.31. The van der Waals surface area contributed by atoms with Crippen molar-refractivity contribution in [3.05, 3.63) is 41.1 Å². The van der Waals surface area contributed by atoms with E-state index in [1.54, 1.807) is 10.7 Å². The van der Waals surface area contributed by atoms with Crippen molar-refractivity contribution in [2.45, 2.75) is 45.2 Å². The average Bonchev–Trinajstić information content (AvgIpc) is 3.22. The van der Waals surface area contributed by atoms with E-state index in [0.717, 1.165) is 16.9 Å². The molecule has 0 unspecified atom stereocenters. The zero-order valence-electron chi connectivity index (χ0n) is 16.0. The van der Waals surface area contributed by atoms with Crippen LogP contribution in [-0.2, 0) is 10.2 Å². The number of anilines is 1. The van der Waals surface area contributed by atoms with Crippen LogP contribution in [0.2, 0.25) is 0 Å². The van der Waals surface area contributed by atoms with Crippen molar-refractivity contribution >= 4 is 23.6 Å². The molecule has 0 atom stereocenters. The van der Waals surface area contributed by atoms with Crippen LogP contribution in [0.3, 0.4) is 0 Å². The number of hydrogen-bond donors (Lipinski definition) is 1. The second-order valence-corrected chi connectivity index (χ2v) is 8.27. The molecule has 0 spiro atoms. The van der Waals surface area contributed by atoms with Gasteiger partial charge in [0.1, 0.15) is 0 Å². The molecule has 0 fully saturated rings. The van der Waals surface area contributed by atoms with Gasteiger partial charge in [-0.3, -0.25) is 10.1 Å². The molecule has 142 valence electrons. The lowest BCUT2D eigenvalue weighted by Gasteiger charge is -2.12. The van der Waals surface area contributed by atoms with E-state index in [-0.39, 0.29) is 17.1 Å². The Morgan fingerprint density at radius 1 is 1.26 bits per heavy atom. The lowest BCUT2D eigenvalue weighted by molar-refractivity contribution is -0.113. The molecular formula is C18H22N6O2S. The van der Waals surface area contributed by atoms with E-state index in [2.05, 4.69) is 32.1 Å². The summed E-state index contributed by atoms with van der Waals surface area (Å²) in [6.45, 7) is 10.1. The Bertz CT molecular complexity index is 957. The maximum absolute atomic E-state index is 12.2. The SMILES string of the molecule is Cc1ccc(-n2nnnc2SCC(=O)Nc2cc(C(C)(C)C)no2)c(C)c1. The number of nitrogens with zero attached hydrogens (tertiary/aromatic N) is 5. The van der Waals surface area contributed by atoms with Crippen molar-refractivity contribution in [3.63, 3.8) is 0 Å². The molecule has 9 heteroatoms. The Hall–Kier alpha value is -2.68. The normalized spacial score (nSPS) is 11.6. The van der Waals surface area contributed by atoms with Gasteiger partial charge < -0.3 is 4.52 Å². The number of tetrazole rings is 1. The molecule has 0 aliphatic carbocycles. The number of thioether (sulfide) groups is 1. The quantitative estimate of drug-likeness (QED) is 0.672. The van der Waals surface area contributed by atoms with E-state index in [1.165, 1.54) is 17.3 Å². The molecule has 0 saturated carbocycles. The van der Waals surface area contributed by atoms with Gasteiger partial charge in [0, 0.05) is 11.5 Å². The van der Waals surface area contributed by atoms with Gasteiger partial charge in [-0.1, -0.05) is 55.4 Å². The maximum Gasteiger partial charge on any atom is 0.237 e. The van der Waals surface area contributed by atoms with Gasteiger partial charge in [0.2, 0.25) is 16.9 Å². The molecule has 1 amide bonds. The van der Waals surface area contributed by atoms with Gasteiger partial charge in [0.15, 0.2) is 0 Å². The van der Waals surface area contributed by atoms with Crippen LogP contribution in [0.1, 0.15) is 37.6 Å². The van der Waals surface area contributed by atoms with Gasteiger partial charge >= 0.3 is 0 Å². The van der Waals surface area contributed by atoms with Crippen molar-refractivity contribution in [2.75, 3.05) is 11.1 Å². The minimum absolute atomic E-state index is 0.144. The third kappa shape index (κ3) is 4.54. The number of aryl methyl sites for hydroxylation is 2. The van der Waals surface area contributed by atoms with Crippen LogP contribution in [0.5, 0.6) is 0 Å². The maximum atomic E-state index is 12.2. The van der Waals surface area contributed by atoms with Crippen molar-refractivity contribution in [3.8, 4) is 5.69 Å². The predicted molar refractivity (Wildman–Crippen MR) is 103 cm³/mol. The van der Waals surface area contributed by atoms with Gasteiger partial charge in [0.25, 0.3) is 0 Å². The molecule has 0 radical (unpaired) electrons. The Morgan fingerprint density at radius 3 is 2.70 bits per heavy atom. The number of carbonyl (C=O) groups is 1. The van der Waals surface area contributed by atoms with Gasteiger partial charge in [-0.25, -0.2) is 0 Å². The largest absolute Gasteiger partial charge is 0.338 e. The molecule has 1 N–H and O–H groups in total. The van der Waals surface area contributed by atoms with Crippen molar-refractivity contribution in [1.29, 1.82) is 0 Å². The molecule has 8 nitrogen and oxygen atoms in total. The predicted octanol–water partition coefficient (Wildman–Crippen LogP) is 3.30. The first kappa shape index (κ1) is 19.1. The summed E-state index contributed by atoms with van der Waals surface area (Å²) in [7, 11) is 0. The highest BCUT2D eigenvalue weighted by Crippen LogP contribution is 2.24. The highest BCUT2D eigenvalue weighted by molar-refractivity contribution is 7.99. The fourth-order valence-corrected chi connectivity index (χ4v) is 3.14. The zero-order chi connectivity index (χ0) is 19.6. The Labute approximate surface area is 161 Å². The van der Waals surface area contributed by atoms with Crippen LogP contribution in [0.15, 0.2) is 33.9 Å². The van der Waals surface area contributed by atoms with Crippen LogP contribution < -0.4 is 5.32 Å². The second kappa shape index (κ2) is 7.51. The molecule has 1 aromatic carbocycles. The lowest BCUT2D eigenvalue weighted by Crippen LogP contribution is -2.14. The third-order valence-corrected chi connectivity index (χ3v) is 4.81. The van der Waals surface area contributed by atoms with E-state index in [0.29, 0.717) is 11.0 Å². The minimum Gasteiger partial charge on any atom is -0.338 e. The molecule has 0 bridgehead atoms. The monoisotopic (exact) mass is 386 g/mol. The molecule has 3 rings (SSSR count). The van der Waals surface area contributed by atoms with E-state index in [4.69, 9.17) is 4.52 Å². The van der Waals surface area contributed by atoms with Crippen LogP contribution in [0, 0.1) is 13.8 Å². The fraction of sp³-hybridized carbons (Fsp3) is 0.389. The summed E-state index contributed by atoms with van der Waals surface area (Å²) in [6, 6.07) is 7.77. The van der Waals surface area contributed by atoms with Crippen LogP contribution in [0.4, 0.5) is 5.88 Å². The first-order valence-electron chi connectivity index (χ1n) is 8.50. The molecular weight excluding hydrogens is 364 g/mol. The lowest BCUT2D eigenvalue weighted by atomic mass is 9.92. The van der Waals surface area contributed by atoms with E-state index < -0.39 is 0 Å². The summed E-state index contributed by atoms with van der Waals surface area (Å²) in [4.78, 5) is 12.2. The standard InChI is InChI=1S/C18H22N6O2S/c1-11-6-7-13(12(2)8-11)24-17(20-22-23-24)27-10-15(25)19-16-9-14(21-26-16)18(3,4)5/h6-9H,10H2,1-5H3,(H,19,25). The van der Waals surface area contributed by atoms with E-state index in [9.17, 15) is 4.79 Å². The highest BCUT2D eigenvalue weighted by Gasteiger charge is 2.20. The number of carbonyl (C=O) groups excluding carboxylic acids is 1. The van der Waals surface area contributed by atoms with Crippen LogP contribution in [-0.4, -0.2) is 37.0 Å². The van der Waals surface area contributed by atoms with E-state index in [1.807, 2.05) is 46.8 Å². The zero-order valence-corrected chi connectivity index (χ0v) is 16.8. The Balaban J connectivity index is 1.65. The van der Waals surface area contributed by atoms with Crippen LogP contribution in [0.25, 0.3) is 5.69 Å². The summed E-state index contributed by atoms with van der Waals surface area (Å²) in [5.74, 6) is 0.267. The number of amides is 1. The van der Waals surface area contributed by atoms with Gasteiger partial charge in [-0.2, -0.15) is 4.68 Å². The molecule has 0 saturated heterocycles. The number of aromatic nitrogens is 5. The smallest absolute Gasteiger partial charge is 0.237 e. The van der Waals surface area contributed by atoms with Crippen molar-refractivity contribution in [1.82, 2.24) is 25.4 Å². The van der Waals surface area contributed by atoms with Gasteiger partial charge in [-0.15, -0.1) is 5.10 Å². The molecule has 27 heavy (non-hydrogen) atoms. The van der Waals surface area contributed by atoms with Crippen molar-refractivity contribution in [2.24, 2.45) is 0 Å². The summed E-state index contributed by atoms with van der Waals surface area (Å²) in [6.07, 6.45) is 0. The summed E-state index contributed by atoms with van der Waals surface area (Å²) >= 11 is 1.25. The molecule has 2 heterocycles. The third-order valence-electron chi connectivity index (χ3n) is 3.89.